The maximum Gasteiger partial charge on any atom is 0.336 e. The maximum absolute atomic E-state index is 11.6. The number of likely N-dealkylation sites (tertiary alicyclic amines) is 1. The zero-order valence-corrected chi connectivity index (χ0v) is 20.5. The third kappa shape index (κ3) is 3.46. The van der Waals surface area contributed by atoms with Crippen molar-refractivity contribution < 1.29 is 9.90 Å². The van der Waals surface area contributed by atoms with Gasteiger partial charge in [0.2, 0.25) is 0 Å². The van der Waals surface area contributed by atoms with Crippen LogP contribution in [0.15, 0.2) is 48.7 Å². The zero-order valence-electron chi connectivity index (χ0n) is 20.5. The molecule has 0 saturated carbocycles. The Morgan fingerprint density at radius 3 is 2.47 bits per heavy atom. The fourth-order valence-corrected chi connectivity index (χ4v) is 5.87. The van der Waals surface area contributed by atoms with Gasteiger partial charge in [-0.3, -0.25) is 10.3 Å². The number of aromatic carboxylic acids is 1. The van der Waals surface area contributed by atoms with Gasteiger partial charge in [-0.05, 0) is 82.6 Å². The molecule has 0 spiro atoms. The Hall–Kier alpha value is -3.32. The molecule has 3 heterocycles. The van der Waals surface area contributed by atoms with Crippen molar-refractivity contribution in [2.24, 2.45) is 0 Å². The smallest absolute Gasteiger partial charge is 0.336 e. The summed E-state index contributed by atoms with van der Waals surface area (Å²) in [7, 11) is 2.22. The van der Waals surface area contributed by atoms with Crippen molar-refractivity contribution in [1.82, 2.24) is 9.47 Å². The van der Waals surface area contributed by atoms with Crippen LogP contribution in [-0.2, 0) is 0 Å². The van der Waals surface area contributed by atoms with Gasteiger partial charge in [-0.2, -0.15) is 0 Å². The van der Waals surface area contributed by atoms with Crippen LogP contribution in [0.3, 0.4) is 0 Å². The zero-order chi connectivity index (χ0) is 24.4. The number of hydrogen-bond acceptors (Lipinski definition) is 4. The van der Waals surface area contributed by atoms with E-state index in [0.29, 0.717) is 29.5 Å². The Bertz CT molecular complexity index is 1290. The van der Waals surface area contributed by atoms with E-state index in [1.165, 1.54) is 0 Å². The largest absolute Gasteiger partial charge is 0.478 e. The molecule has 3 N–H and O–H groups in total. The van der Waals surface area contributed by atoms with Crippen LogP contribution in [0.4, 0.5) is 11.5 Å². The molecule has 0 amide bonds. The highest BCUT2D eigenvalue weighted by Gasteiger charge is 2.44. The summed E-state index contributed by atoms with van der Waals surface area (Å²) >= 11 is 0. The molecule has 0 radical (unpaired) electrons. The summed E-state index contributed by atoms with van der Waals surface area (Å²) in [6, 6.07) is 13.4. The fourth-order valence-electron chi connectivity index (χ4n) is 5.87. The average molecular weight is 460 g/mol. The molecule has 1 saturated heterocycles. The normalized spacial score (nSPS) is 20.3. The lowest BCUT2D eigenvalue weighted by Crippen LogP contribution is -2.58. The summed E-state index contributed by atoms with van der Waals surface area (Å²) in [4.78, 5) is 16.0. The van der Waals surface area contributed by atoms with E-state index in [9.17, 15) is 9.90 Å². The number of hydrogen-bond donors (Lipinski definition) is 3. The lowest BCUT2D eigenvalue weighted by atomic mass is 9.77. The third-order valence-corrected chi connectivity index (χ3v) is 7.93. The molecule has 3 aromatic rings. The van der Waals surface area contributed by atoms with Crippen molar-refractivity contribution in [3.63, 3.8) is 0 Å². The number of amidine groups is 1. The molecule has 5 rings (SSSR count). The van der Waals surface area contributed by atoms with Gasteiger partial charge in [-0.1, -0.05) is 18.2 Å². The van der Waals surface area contributed by atoms with Gasteiger partial charge in [0.15, 0.2) is 0 Å². The highest BCUT2D eigenvalue weighted by molar-refractivity contribution is 6.13. The molecule has 7 heteroatoms. The van der Waals surface area contributed by atoms with Crippen LogP contribution in [-0.4, -0.2) is 51.2 Å². The minimum absolute atomic E-state index is 0.0810. The van der Waals surface area contributed by atoms with Crippen LogP contribution in [0.25, 0.3) is 10.8 Å². The van der Waals surface area contributed by atoms with E-state index in [2.05, 4.69) is 55.7 Å². The number of fused-ring (bicyclic) bond motifs is 2. The fraction of sp³-hybridized carbons (Fsp3) is 0.407. The van der Waals surface area contributed by atoms with E-state index in [-0.39, 0.29) is 11.1 Å². The van der Waals surface area contributed by atoms with E-state index >= 15 is 0 Å². The lowest BCUT2D eigenvalue weighted by Gasteiger charge is -2.54. The first-order valence-corrected chi connectivity index (χ1v) is 11.8. The molecule has 1 aromatic heterocycles. The molecule has 0 unspecified atom stereocenters. The van der Waals surface area contributed by atoms with E-state index < -0.39 is 5.97 Å². The van der Waals surface area contributed by atoms with Gasteiger partial charge >= 0.3 is 5.97 Å². The van der Waals surface area contributed by atoms with Crippen LogP contribution < -0.4 is 10.2 Å². The molecular weight excluding hydrogens is 426 g/mol. The number of rotatable bonds is 3. The van der Waals surface area contributed by atoms with E-state index in [1.54, 1.807) is 12.1 Å². The summed E-state index contributed by atoms with van der Waals surface area (Å²) in [5, 5.41) is 23.6. The van der Waals surface area contributed by atoms with Gasteiger partial charge in [0.1, 0.15) is 11.7 Å². The minimum atomic E-state index is -0.933. The number of piperidine rings is 1. The first kappa shape index (κ1) is 22.5. The van der Waals surface area contributed by atoms with Gasteiger partial charge in [-0.15, -0.1) is 0 Å². The molecule has 7 nitrogen and oxygen atoms in total. The molecule has 0 atom stereocenters. The Morgan fingerprint density at radius 1 is 1.09 bits per heavy atom. The van der Waals surface area contributed by atoms with Crippen LogP contribution >= 0.6 is 0 Å². The van der Waals surface area contributed by atoms with Gasteiger partial charge in [0.05, 0.1) is 17.8 Å². The predicted octanol–water partition coefficient (Wildman–Crippen LogP) is 5.38. The number of nitrogens with one attached hydrogen (secondary N) is 2. The third-order valence-electron chi connectivity index (χ3n) is 7.93. The maximum atomic E-state index is 11.6. The average Bonchev–Trinajstić information content (AvgIpc) is 3.21. The highest BCUT2D eigenvalue weighted by atomic mass is 16.4. The summed E-state index contributed by atoms with van der Waals surface area (Å²) in [6.45, 7) is 9.72. The second kappa shape index (κ2) is 7.60. The van der Waals surface area contributed by atoms with E-state index in [1.807, 2.05) is 35.2 Å². The second-order valence-electron chi connectivity index (χ2n) is 10.9. The Balaban J connectivity index is 1.46. The number of anilines is 2. The number of carboxylic acid groups (broad SMARTS) is 1. The molecule has 178 valence electrons. The first-order chi connectivity index (χ1) is 16.0. The van der Waals surface area contributed by atoms with Crippen molar-refractivity contribution in [2.75, 3.05) is 23.9 Å². The number of aromatic nitrogens is 1. The predicted molar refractivity (Wildman–Crippen MR) is 137 cm³/mol. The molecular formula is C27H33N5O2. The molecule has 2 aromatic carbocycles. The number of carboxylic acids is 1. The van der Waals surface area contributed by atoms with Crippen molar-refractivity contribution in [1.29, 1.82) is 5.41 Å². The van der Waals surface area contributed by atoms with Crippen LogP contribution in [0.1, 0.15) is 62.5 Å². The van der Waals surface area contributed by atoms with Crippen molar-refractivity contribution in [3.05, 3.63) is 59.8 Å². The van der Waals surface area contributed by atoms with E-state index in [0.717, 1.165) is 35.3 Å². The Labute approximate surface area is 200 Å². The number of nitrogens with zero attached hydrogens (tertiary/aromatic N) is 3. The minimum Gasteiger partial charge on any atom is -0.478 e. The monoisotopic (exact) mass is 459 g/mol. The highest BCUT2D eigenvalue weighted by Crippen LogP contribution is 2.44. The summed E-state index contributed by atoms with van der Waals surface area (Å²) in [5.41, 5.74) is 2.21. The summed E-state index contributed by atoms with van der Waals surface area (Å²) < 4.78 is 2.33. The standard InChI is InChI=1S/C27H33N5O2/c1-26(2)14-19(15-27(3,4)30(26)5)31-12-11-22-23(28)32(16-29-24(22)31)18-9-10-20-17(13-18)7-6-8-21(20)25(33)34/h6-13,19,28-29H,14-16H2,1-5H3,(H,33,34). The van der Waals surface area contributed by atoms with Gasteiger partial charge in [-0.25, -0.2) is 4.79 Å². The van der Waals surface area contributed by atoms with Crippen LogP contribution in [0, 0.1) is 5.41 Å². The molecule has 0 aliphatic carbocycles. The lowest BCUT2D eigenvalue weighted by molar-refractivity contribution is -0.0256. The summed E-state index contributed by atoms with van der Waals surface area (Å²) in [5.74, 6) is 0.529. The van der Waals surface area contributed by atoms with Crippen LogP contribution in [0.2, 0.25) is 0 Å². The van der Waals surface area contributed by atoms with E-state index in [4.69, 9.17) is 5.41 Å². The van der Waals surface area contributed by atoms with Crippen LogP contribution in [0.5, 0.6) is 0 Å². The molecule has 2 aliphatic heterocycles. The molecule has 0 bridgehead atoms. The van der Waals surface area contributed by atoms with Crippen molar-refractivity contribution in [2.45, 2.75) is 57.7 Å². The first-order valence-electron chi connectivity index (χ1n) is 11.8. The molecule has 1 fully saturated rings. The van der Waals surface area contributed by atoms with Gasteiger partial charge in [0.25, 0.3) is 0 Å². The Kier molecular flexibility index (Phi) is 5.02. The topological polar surface area (TPSA) is 84.6 Å². The molecule has 34 heavy (non-hydrogen) atoms. The van der Waals surface area contributed by atoms with Gasteiger partial charge < -0.3 is 19.9 Å². The van der Waals surface area contributed by atoms with Crippen molar-refractivity contribution in [3.8, 4) is 0 Å². The molecule has 2 aliphatic rings. The quantitative estimate of drug-likeness (QED) is 0.490. The number of carbonyl (C=O) groups is 1. The van der Waals surface area contributed by atoms with Crippen molar-refractivity contribution >= 4 is 34.1 Å². The SMILES string of the molecule is CN1C(C)(C)CC(n2ccc3c2NCN(c2ccc4c(C(=O)O)cccc4c2)C3=N)CC1(C)C. The summed E-state index contributed by atoms with van der Waals surface area (Å²) in [6.07, 6.45) is 4.21. The Morgan fingerprint density at radius 2 is 1.79 bits per heavy atom. The second-order valence-corrected chi connectivity index (χ2v) is 10.9. The number of benzene rings is 2. The van der Waals surface area contributed by atoms with Gasteiger partial charge in [0, 0.05) is 29.0 Å².